The molecular formula is C8H11N3O5S2. The van der Waals surface area contributed by atoms with Crippen LogP contribution in [0.3, 0.4) is 0 Å². The summed E-state index contributed by atoms with van der Waals surface area (Å²) in [6.07, 6.45) is 1.02. The zero-order valence-electron chi connectivity index (χ0n) is 9.36. The number of nitrogens with zero attached hydrogens (tertiary/aromatic N) is 2. The lowest BCUT2D eigenvalue weighted by Crippen LogP contribution is -2.22. The second-order valence-corrected chi connectivity index (χ2v) is 6.43. The number of esters is 1. The highest BCUT2D eigenvalue weighted by Crippen LogP contribution is 2.12. The molecule has 18 heavy (non-hydrogen) atoms. The van der Waals surface area contributed by atoms with Gasteiger partial charge in [0.2, 0.25) is 5.71 Å². The van der Waals surface area contributed by atoms with Crippen molar-refractivity contribution in [2.45, 2.75) is 0 Å². The Morgan fingerprint density at radius 1 is 1.67 bits per heavy atom. The number of hydrogen-bond donors (Lipinski definition) is 2. The number of nitrogens with two attached hydrogens (primary N) is 1. The van der Waals surface area contributed by atoms with Gasteiger partial charge in [-0.15, -0.1) is 11.3 Å². The van der Waals surface area contributed by atoms with Crippen molar-refractivity contribution >= 4 is 38.0 Å². The second-order valence-electron chi connectivity index (χ2n) is 3.29. The van der Waals surface area contributed by atoms with Gasteiger partial charge in [-0.1, -0.05) is 5.16 Å². The van der Waals surface area contributed by atoms with Gasteiger partial charge in [0.05, 0.1) is 5.75 Å². The molecule has 0 radical (unpaired) electrons. The maximum atomic E-state index is 11.5. The topological polar surface area (TPSA) is 132 Å². The maximum absolute atomic E-state index is 11.5. The largest absolute Gasteiger partial charge is 0.460 e. The van der Waals surface area contributed by atoms with Gasteiger partial charge in [-0.3, -0.25) is 0 Å². The summed E-state index contributed by atoms with van der Waals surface area (Å²) in [5, 5.41) is 13.1. The van der Waals surface area contributed by atoms with Crippen LogP contribution in [0.15, 0.2) is 10.5 Å². The standard InChI is InChI=1S/C8H11N3O5S2/c1-18(14,15)3-2-16-7(12)6(11-13)5-4-17-8(9)10-5/h4,13H,2-3H2,1H3,(H2,9,10)/b11-6+. The minimum atomic E-state index is -3.23. The SMILES string of the molecule is CS(=O)(=O)CCOC(=O)/C(=N/O)c1csc(N)n1. The maximum Gasteiger partial charge on any atom is 0.362 e. The van der Waals surface area contributed by atoms with Crippen molar-refractivity contribution in [3.63, 3.8) is 0 Å². The van der Waals surface area contributed by atoms with E-state index in [0.717, 1.165) is 17.6 Å². The number of sulfone groups is 1. The monoisotopic (exact) mass is 293 g/mol. The van der Waals surface area contributed by atoms with Gasteiger partial charge in [0.15, 0.2) is 15.0 Å². The molecule has 8 nitrogen and oxygen atoms in total. The van der Waals surface area contributed by atoms with Crippen LogP contribution in [0.4, 0.5) is 5.13 Å². The number of thiazole rings is 1. The molecule has 3 N–H and O–H groups in total. The van der Waals surface area contributed by atoms with E-state index < -0.39 is 21.5 Å². The molecule has 1 aromatic rings. The van der Waals surface area contributed by atoms with Gasteiger partial charge in [0, 0.05) is 11.6 Å². The van der Waals surface area contributed by atoms with Gasteiger partial charge in [-0.25, -0.2) is 18.2 Å². The molecule has 0 saturated carbocycles. The molecule has 0 spiro atoms. The smallest absolute Gasteiger partial charge is 0.362 e. The number of nitrogen functional groups attached to an aromatic ring is 1. The molecule has 0 aliphatic rings. The van der Waals surface area contributed by atoms with E-state index in [1.54, 1.807) is 0 Å². The lowest BCUT2D eigenvalue weighted by Gasteiger charge is -2.03. The predicted molar refractivity (Wildman–Crippen MR) is 65.5 cm³/mol. The minimum Gasteiger partial charge on any atom is -0.460 e. The number of oxime groups is 1. The second kappa shape index (κ2) is 5.78. The first-order valence-corrected chi connectivity index (χ1v) is 7.56. The van der Waals surface area contributed by atoms with Crippen molar-refractivity contribution in [3.8, 4) is 0 Å². The van der Waals surface area contributed by atoms with E-state index in [1.807, 2.05) is 0 Å². The Labute approximate surface area is 107 Å². The highest BCUT2D eigenvalue weighted by Gasteiger charge is 2.20. The van der Waals surface area contributed by atoms with Crippen LogP contribution in [0, 0.1) is 0 Å². The predicted octanol–water partition coefficient (Wildman–Crippen LogP) is -0.509. The summed E-state index contributed by atoms with van der Waals surface area (Å²) in [4.78, 5) is 15.2. The average Bonchev–Trinajstić information content (AvgIpc) is 2.64. The van der Waals surface area contributed by atoms with Crippen molar-refractivity contribution in [2.75, 3.05) is 24.3 Å². The number of hydrogen-bond acceptors (Lipinski definition) is 9. The van der Waals surface area contributed by atoms with Crippen LogP contribution >= 0.6 is 11.3 Å². The molecule has 0 bridgehead atoms. The van der Waals surface area contributed by atoms with Crippen molar-refractivity contribution < 1.29 is 23.2 Å². The summed E-state index contributed by atoms with van der Waals surface area (Å²) in [5.74, 6) is -1.28. The third kappa shape index (κ3) is 4.30. The molecular weight excluding hydrogens is 282 g/mol. The van der Waals surface area contributed by atoms with Crippen molar-refractivity contribution in [1.29, 1.82) is 0 Å². The highest BCUT2D eigenvalue weighted by atomic mass is 32.2. The molecule has 0 aliphatic carbocycles. The minimum absolute atomic E-state index is 0.0735. The molecule has 0 amide bonds. The summed E-state index contributed by atoms with van der Waals surface area (Å²) < 4.78 is 26.3. The molecule has 0 aromatic carbocycles. The first-order chi connectivity index (χ1) is 8.33. The van der Waals surface area contributed by atoms with Gasteiger partial charge < -0.3 is 15.7 Å². The number of aromatic nitrogens is 1. The fourth-order valence-corrected chi connectivity index (χ4v) is 1.88. The van der Waals surface area contributed by atoms with Crippen LogP contribution in [0.25, 0.3) is 0 Å². The van der Waals surface area contributed by atoms with Crippen molar-refractivity contribution in [3.05, 3.63) is 11.1 Å². The first-order valence-electron chi connectivity index (χ1n) is 4.62. The molecule has 0 aliphatic heterocycles. The quantitative estimate of drug-likeness (QED) is 0.323. The Bertz CT molecular complexity index is 563. The van der Waals surface area contributed by atoms with Crippen LogP contribution in [0.1, 0.15) is 5.69 Å². The zero-order valence-corrected chi connectivity index (χ0v) is 11.0. The third-order valence-corrected chi connectivity index (χ3v) is 3.33. The number of carbonyl (C=O) groups excluding carboxylic acids is 1. The normalized spacial score (nSPS) is 12.4. The molecule has 1 rings (SSSR count). The fourth-order valence-electron chi connectivity index (χ4n) is 0.947. The van der Waals surface area contributed by atoms with Gasteiger partial charge in [0.25, 0.3) is 0 Å². The van der Waals surface area contributed by atoms with Crippen molar-refractivity contribution in [1.82, 2.24) is 4.98 Å². The first kappa shape index (κ1) is 14.4. The molecule has 0 saturated heterocycles. The van der Waals surface area contributed by atoms with Gasteiger partial charge in [-0.2, -0.15) is 0 Å². The molecule has 1 heterocycles. The summed E-state index contributed by atoms with van der Waals surface area (Å²) in [5.41, 5.74) is 5.02. The molecule has 0 unspecified atom stereocenters. The van der Waals surface area contributed by atoms with E-state index in [0.29, 0.717) is 0 Å². The number of ether oxygens (including phenoxy) is 1. The van der Waals surface area contributed by atoms with Gasteiger partial charge >= 0.3 is 5.97 Å². The van der Waals surface area contributed by atoms with E-state index in [4.69, 9.17) is 10.9 Å². The van der Waals surface area contributed by atoms with Crippen molar-refractivity contribution in [2.24, 2.45) is 5.16 Å². The van der Waals surface area contributed by atoms with E-state index in [9.17, 15) is 13.2 Å². The van der Waals surface area contributed by atoms with E-state index in [2.05, 4.69) is 14.9 Å². The Morgan fingerprint density at radius 2 is 2.33 bits per heavy atom. The Hall–Kier alpha value is -1.68. The third-order valence-electron chi connectivity index (χ3n) is 1.75. The molecule has 10 heteroatoms. The molecule has 1 aromatic heterocycles. The Balaban J connectivity index is 2.65. The van der Waals surface area contributed by atoms with Crippen LogP contribution in [-0.4, -0.2) is 48.9 Å². The molecule has 100 valence electrons. The Morgan fingerprint density at radius 3 is 2.78 bits per heavy atom. The van der Waals surface area contributed by atoms with Crippen LogP contribution in [-0.2, 0) is 19.4 Å². The summed E-state index contributed by atoms with van der Waals surface area (Å²) in [6, 6.07) is 0. The number of rotatable bonds is 5. The van der Waals surface area contributed by atoms with E-state index >= 15 is 0 Å². The molecule has 0 fully saturated rings. The highest BCUT2D eigenvalue weighted by molar-refractivity contribution is 7.90. The summed E-state index contributed by atoms with van der Waals surface area (Å²) >= 11 is 1.06. The average molecular weight is 293 g/mol. The van der Waals surface area contributed by atoms with Gasteiger partial charge in [-0.05, 0) is 0 Å². The van der Waals surface area contributed by atoms with E-state index in [-0.39, 0.29) is 23.2 Å². The lowest BCUT2D eigenvalue weighted by atomic mass is 10.3. The van der Waals surface area contributed by atoms with Crippen LogP contribution < -0.4 is 5.73 Å². The fraction of sp³-hybridized carbons (Fsp3) is 0.375. The summed E-state index contributed by atoms with van der Waals surface area (Å²) in [6.45, 7) is -0.323. The lowest BCUT2D eigenvalue weighted by molar-refractivity contribution is -0.135. The Kier molecular flexibility index (Phi) is 4.62. The van der Waals surface area contributed by atoms with E-state index in [1.165, 1.54) is 5.38 Å². The number of carbonyl (C=O) groups is 1. The van der Waals surface area contributed by atoms with Gasteiger partial charge in [0.1, 0.15) is 12.3 Å². The number of anilines is 1. The van der Waals surface area contributed by atoms with Crippen LogP contribution in [0.2, 0.25) is 0 Å². The molecule has 0 atom stereocenters. The van der Waals surface area contributed by atoms with Crippen LogP contribution in [0.5, 0.6) is 0 Å². The summed E-state index contributed by atoms with van der Waals surface area (Å²) in [7, 11) is -3.23. The zero-order chi connectivity index (χ0) is 13.8.